The van der Waals surface area contributed by atoms with E-state index in [-0.39, 0.29) is 25.4 Å². The standard InChI is InChI=1S/C33H29FN2O7S/c1-4-41-27(37)19-43-24-16-11-20(17-25(24)40-3)18-26-31(38)36-30(22-12-14-23(34)15-13-22)28(32(39)42-5-2)29(35-33(36)44-26)21-9-7-6-8-10-21/h6-18,30H,4-5,19H2,1-3H3/b26-18-/t30-/m0/s1. The van der Waals surface area contributed by atoms with E-state index in [9.17, 15) is 18.8 Å². The van der Waals surface area contributed by atoms with Gasteiger partial charge < -0.3 is 18.9 Å². The predicted molar refractivity (Wildman–Crippen MR) is 163 cm³/mol. The second kappa shape index (κ2) is 13.5. The number of carbonyl (C=O) groups excluding carboxylic acids is 2. The number of hydrogen-bond acceptors (Lipinski definition) is 9. The van der Waals surface area contributed by atoms with Crippen LogP contribution in [-0.4, -0.2) is 43.4 Å². The van der Waals surface area contributed by atoms with Crippen LogP contribution in [0.25, 0.3) is 11.8 Å². The molecule has 1 aliphatic heterocycles. The Labute approximate surface area is 256 Å². The van der Waals surface area contributed by atoms with Gasteiger partial charge in [-0.2, -0.15) is 0 Å². The lowest BCUT2D eigenvalue weighted by Crippen LogP contribution is -2.40. The minimum atomic E-state index is -0.920. The monoisotopic (exact) mass is 616 g/mol. The lowest BCUT2D eigenvalue weighted by Gasteiger charge is -2.25. The fraction of sp³-hybridized carbons (Fsp3) is 0.212. The predicted octanol–water partition coefficient (Wildman–Crippen LogP) is 4.03. The van der Waals surface area contributed by atoms with E-state index in [0.717, 1.165) is 11.3 Å². The number of esters is 2. The highest BCUT2D eigenvalue weighted by Crippen LogP contribution is 2.35. The molecule has 0 radical (unpaired) electrons. The van der Waals surface area contributed by atoms with Crippen molar-refractivity contribution >= 4 is 35.0 Å². The van der Waals surface area contributed by atoms with Gasteiger partial charge in [0.25, 0.3) is 5.56 Å². The molecule has 0 aliphatic carbocycles. The van der Waals surface area contributed by atoms with Crippen LogP contribution in [0.5, 0.6) is 11.5 Å². The molecule has 1 aliphatic rings. The highest BCUT2D eigenvalue weighted by Gasteiger charge is 2.35. The summed E-state index contributed by atoms with van der Waals surface area (Å²) in [5, 5.41) is 0. The molecule has 0 amide bonds. The molecule has 44 heavy (non-hydrogen) atoms. The number of methoxy groups -OCH3 is 1. The van der Waals surface area contributed by atoms with Crippen molar-refractivity contribution in [3.05, 3.63) is 121 Å². The van der Waals surface area contributed by atoms with Crippen molar-refractivity contribution in [3.8, 4) is 11.5 Å². The molecule has 0 N–H and O–H groups in total. The lowest BCUT2D eigenvalue weighted by atomic mass is 9.93. The van der Waals surface area contributed by atoms with Gasteiger partial charge in [0.05, 0.1) is 42.2 Å². The fourth-order valence-corrected chi connectivity index (χ4v) is 5.79. The summed E-state index contributed by atoms with van der Waals surface area (Å²) in [6, 6.07) is 18.9. The Hall–Kier alpha value is -5.03. The topological polar surface area (TPSA) is 105 Å². The molecule has 3 aromatic carbocycles. The number of halogens is 1. The number of aromatic nitrogens is 1. The van der Waals surface area contributed by atoms with E-state index in [1.165, 1.54) is 23.8 Å². The zero-order valence-corrected chi connectivity index (χ0v) is 25.1. The highest BCUT2D eigenvalue weighted by molar-refractivity contribution is 7.07. The third-order valence-electron chi connectivity index (χ3n) is 6.70. The zero-order valence-electron chi connectivity index (χ0n) is 24.2. The summed E-state index contributed by atoms with van der Waals surface area (Å²) >= 11 is 1.16. The first-order valence-corrected chi connectivity index (χ1v) is 14.7. The third kappa shape index (κ3) is 6.32. The molecule has 5 rings (SSSR count). The largest absolute Gasteiger partial charge is 0.493 e. The van der Waals surface area contributed by atoms with Gasteiger partial charge in [0, 0.05) is 5.56 Å². The van der Waals surface area contributed by atoms with Crippen LogP contribution in [0.2, 0.25) is 0 Å². The molecule has 1 aromatic heterocycles. The summed E-state index contributed by atoms with van der Waals surface area (Å²) < 4.78 is 37.1. The summed E-state index contributed by atoms with van der Waals surface area (Å²) in [6.45, 7) is 3.49. The van der Waals surface area contributed by atoms with Crippen molar-refractivity contribution in [2.75, 3.05) is 26.9 Å². The Kier molecular flexibility index (Phi) is 9.35. The highest BCUT2D eigenvalue weighted by atomic mass is 32.1. The van der Waals surface area contributed by atoms with Crippen LogP contribution in [0.15, 0.2) is 88.2 Å². The van der Waals surface area contributed by atoms with Crippen LogP contribution >= 0.6 is 11.3 Å². The van der Waals surface area contributed by atoms with Gasteiger partial charge in [0.15, 0.2) is 22.9 Å². The molecule has 0 spiro atoms. The summed E-state index contributed by atoms with van der Waals surface area (Å²) in [7, 11) is 1.47. The summed E-state index contributed by atoms with van der Waals surface area (Å²) in [6.07, 6.45) is 1.68. The Bertz CT molecular complexity index is 1900. The minimum Gasteiger partial charge on any atom is -0.493 e. The minimum absolute atomic E-state index is 0.117. The van der Waals surface area contributed by atoms with Gasteiger partial charge in [-0.15, -0.1) is 0 Å². The maximum atomic E-state index is 14.0. The first kappa shape index (κ1) is 30.4. The molecular weight excluding hydrogens is 587 g/mol. The first-order valence-electron chi connectivity index (χ1n) is 13.8. The Morgan fingerprint density at radius 3 is 2.39 bits per heavy atom. The molecule has 11 heteroatoms. The van der Waals surface area contributed by atoms with Crippen molar-refractivity contribution in [3.63, 3.8) is 0 Å². The molecule has 0 unspecified atom stereocenters. The lowest BCUT2D eigenvalue weighted by molar-refractivity contribution is -0.145. The van der Waals surface area contributed by atoms with E-state index in [1.807, 2.05) is 30.3 Å². The molecular formula is C33H29FN2O7S. The van der Waals surface area contributed by atoms with Crippen LogP contribution in [0.1, 0.15) is 36.6 Å². The summed E-state index contributed by atoms with van der Waals surface area (Å²) in [4.78, 5) is 44.4. The van der Waals surface area contributed by atoms with Crippen LogP contribution in [0, 0.1) is 5.82 Å². The van der Waals surface area contributed by atoms with Crippen molar-refractivity contribution in [1.29, 1.82) is 0 Å². The second-order valence-electron chi connectivity index (χ2n) is 9.49. The maximum Gasteiger partial charge on any atom is 0.344 e. The molecule has 1 atom stereocenters. The van der Waals surface area contributed by atoms with Crippen molar-refractivity contribution < 1.29 is 32.9 Å². The van der Waals surface area contributed by atoms with Gasteiger partial charge in [-0.05, 0) is 55.3 Å². The molecule has 4 aromatic rings. The maximum absolute atomic E-state index is 14.0. The number of nitrogens with zero attached hydrogens (tertiary/aromatic N) is 2. The number of ether oxygens (including phenoxy) is 4. The van der Waals surface area contributed by atoms with E-state index in [0.29, 0.717) is 43.2 Å². The van der Waals surface area contributed by atoms with Crippen molar-refractivity contribution in [2.24, 2.45) is 4.99 Å². The molecule has 0 saturated heterocycles. The van der Waals surface area contributed by atoms with Crippen LogP contribution in [-0.2, 0) is 19.1 Å². The van der Waals surface area contributed by atoms with Gasteiger partial charge >= 0.3 is 11.9 Å². The Morgan fingerprint density at radius 2 is 1.70 bits per heavy atom. The summed E-state index contributed by atoms with van der Waals surface area (Å²) in [5.74, 6) is -0.887. The molecule has 9 nitrogen and oxygen atoms in total. The summed E-state index contributed by atoms with van der Waals surface area (Å²) in [5.41, 5.74) is 1.98. The number of benzene rings is 3. The number of fused-ring (bicyclic) bond motifs is 1. The van der Waals surface area contributed by atoms with E-state index >= 15 is 0 Å². The van der Waals surface area contributed by atoms with Gasteiger partial charge in [0.2, 0.25) is 0 Å². The third-order valence-corrected chi connectivity index (χ3v) is 7.68. The number of rotatable bonds is 10. The van der Waals surface area contributed by atoms with Crippen molar-refractivity contribution in [2.45, 2.75) is 19.9 Å². The second-order valence-corrected chi connectivity index (χ2v) is 10.5. The van der Waals surface area contributed by atoms with Gasteiger partial charge in [0.1, 0.15) is 5.82 Å². The van der Waals surface area contributed by atoms with E-state index in [2.05, 4.69) is 0 Å². The van der Waals surface area contributed by atoms with Crippen LogP contribution in [0.3, 0.4) is 0 Å². The van der Waals surface area contributed by atoms with Gasteiger partial charge in [-0.1, -0.05) is 59.9 Å². The Morgan fingerprint density at radius 1 is 0.977 bits per heavy atom. The first-order chi connectivity index (χ1) is 21.3. The molecule has 0 saturated carbocycles. The number of hydrogen-bond donors (Lipinski definition) is 0. The van der Waals surface area contributed by atoms with Crippen LogP contribution < -0.4 is 24.4 Å². The Balaban J connectivity index is 1.67. The average Bonchev–Trinajstić information content (AvgIpc) is 3.34. The molecule has 0 fully saturated rings. The molecule has 2 heterocycles. The SMILES string of the molecule is CCOC(=O)COc1ccc(/C=c2\sc3n(c2=O)[C@@H](c2ccc(F)cc2)C(C(=O)OCC)=C(c2ccccc2)N=3)cc1OC. The van der Waals surface area contributed by atoms with E-state index in [4.69, 9.17) is 23.9 Å². The fourth-order valence-electron chi connectivity index (χ4n) is 4.78. The van der Waals surface area contributed by atoms with Crippen LogP contribution in [0.4, 0.5) is 4.39 Å². The smallest absolute Gasteiger partial charge is 0.344 e. The number of thiazole rings is 1. The zero-order chi connectivity index (χ0) is 31.2. The van der Waals surface area contributed by atoms with Gasteiger partial charge in [-0.3, -0.25) is 9.36 Å². The normalized spacial score (nSPS) is 14.5. The average molecular weight is 617 g/mol. The van der Waals surface area contributed by atoms with E-state index in [1.54, 1.807) is 50.3 Å². The molecule has 226 valence electrons. The van der Waals surface area contributed by atoms with Crippen molar-refractivity contribution in [1.82, 2.24) is 4.57 Å². The van der Waals surface area contributed by atoms with E-state index < -0.39 is 29.4 Å². The molecule has 0 bridgehead atoms. The number of carbonyl (C=O) groups is 2. The van der Waals surface area contributed by atoms with Gasteiger partial charge in [-0.25, -0.2) is 19.0 Å². The quantitative estimate of drug-likeness (QED) is 0.248.